The van der Waals surface area contributed by atoms with Crippen molar-refractivity contribution >= 4 is 16.9 Å². The number of ether oxygens (including phenoxy) is 1. The van der Waals surface area contributed by atoms with Crippen molar-refractivity contribution in [1.29, 1.82) is 0 Å². The lowest BCUT2D eigenvalue weighted by Gasteiger charge is -2.18. The minimum atomic E-state index is -0.00203. The van der Waals surface area contributed by atoms with E-state index in [1.807, 2.05) is 44.6 Å². The predicted octanol–water partition coefficient (Wildman–Crippen LogP) is 3.52. The SMILES string of the molecule is CCN(C)C(=O)c1cc(OC2Cc3ccccc3C2)c2nc(C)n(C)c2c1. The lowest BCUT2D eigenvalue weighted by Crippen LogP contribution is -2.26. The normalized spacial score (nSPS) is 13.8. The highest BCUT2D eigenvalue weighted by molar-refractivity contribution is 5.99. The van der Waals surface area contributed by atoms with Crippen LogP contribution in [0, 0.1) is 6.92 Å². The number of nitrogens with zero attached hydrogens (tertiary/aromatic N) is 3. The van der Waals surface area contributed by atoms with Crippen molar-refractivity contribution < 1.29 is 9.53 Å². The summed E-state index contributed by atoms with van der Waals surface area (Å²) in [5.74, 6) is 1.60. The van der Waals surface area contributed by atoms with E-state index in [2.05, 4.69) is 29.2 Å². The second kappa shape index (κ2) is 6.72. The molecule has 0 N–H and O–H groups in total. The zero-order chi connectivity index (χ0) is 19.1. The van der Waals surface area contributed by atoms with Crippen LogP contribution in [0.15, 0.2) is 36.4 Å². The number of rotatable bonds is 4. The quantitative estimate of drug-likeness (QED) is 0.713. The van der Waals surface area contributed by atoms with Gasteiger partial charge < -0.3 is 14.2 Å². The van der Waals surface area contributed by atoms with Crippen LogP contribution in [0.4, 0.5) is 0 Å². The molecule has 1 heterocycles. The summed E-state index contributed by atoms with van der Waals surface area (Å²) in [7, 11) is 3.78. The third-order valence-electron chi connectivity index (χ3n) is 5.55. The molecule has 1 aliphatic carbocycles. The minimum absolute atomic E-state index is 0.00203. The largest absolute Gasteiger partial charge is 0.487 e. The highest BCUT2D eigenvalue weighted by Gasteiger charge is 2.25. The Morgan fingerprint density at radius 2 is 1.93 bits per heavy atom. The third kappa shape index (κ3) is 3.07. The Labute approximate surface area is 159 Å². The van der Waals surface area contributed by atoms with Crippen LogP contribution in [0.5, 0.6) is 5.75 Å². The van der Waals surface area contributed by atoms with E-state index in [0.29, 0.717) is 17.9 Å². The molecule has 0 fully saturated rings. The highest BCUT2D eigenvalue weighted by atomic mass is 16.5. The standard InChI is InChI=1S/C22H25N3O2/c1-5-24(3)22(26)17-12-19-21(23-14(2)25(19)4)20(13-17)27-18-10-15-8-6-7-9-16(15)11-18/h6-9,12-13,18H,5,10-11H2,1-4H3. The van der Waals surface area contributed by atoms with E-state index in [0.717, 1.165) is 29.7 Å². The number of hydrogen-bond donors (Lipinski definition) is 0. The predicted molar refractivity (Wildman–Crippen MR) is 106 cm³/mol. The number of amides is 1. The summed E-state index contributed by atoms with van der Waals surface area (Å²) in [6.07, 6.45) is 1.84. The van der Waals surface area contributed by atoms with E-state index in [9.17, 15) is 4.79 Å². The molecule has 0 aliphatic heterocycles. The summed E-state index contributed by atoms with van der Waals surface area (Å²) in [6.45, 7) is 4.60. The Hall–Kier alpha value is -2.82. The lowest BCUT2D eigenvalue weighted by atomic mass is 10.1. The van der Waals surface area contributed by atoms with Crippen molar-refractivity contribution in [1.82, 2.24) is 14.5 Å². The highest BCUT2D eigenvalue weighted by Crippen LogP contribution is 2.32. The van der Waals surface area contributed by atoms with Crippen LogP contribution in [-0.2, 0) is 19.9 Å². The van der Waals surface area contributed by atoms with Crippen LogP contribution in [0.25, 0.3) is 11.0 Å². The number of carbonyl (C=O) groups excluding carboxylic acids is 1. The van der Waals surface area contributed by atoms with Crippen LogP contribution < -0.4 is 4.74 Å². The molecule has 0 spiro atoms. The van der Waals surface area contributed by atoms with E-state index in [4.69, 9.17) is 4.74 Å². The van der Waals surface area contributed by atoms with Gasteiger partial charge in [0.05, 0.1) is 5.52 Å². The van der Waals surface area contributed by atoms with E-state index < -0.39 is 0 Å². The Kier molecular flexibility index (Phi) is 4.38. The Morgan fingerprint density at radius 3 is 2.56 bits per heavy atom. The molecule has 0 radical (unpaired) electrons. The van der Waals surface area contributed by atoms with Gasteiger partial charge in [0, 0.05) is 39.0 Å². The summed E-state index contributed by atoms with van der Waals surface area (Å²) < 4.78 is 8.41. The Balaban J connectivity index is 1.73. The van der Waals surface area contributed by atoms with Crippen LogP contribution in [0.2, 0.25) is 0 Å². The number of aryl methyl sites for hydroxylation is 2. The van der Waals surface area contributed by atoms with Gasteiger partial charge in [-0.2, -0.15) is 0 Å². The van der Waals surface area contributed by atoms with Gasteiger partial charge >= 0.3 is 0 Å². The second-order valence-corrected chi connectivity index (χ2v) is 7.30. The average molecular weight is 363 g/mol. The third-order valence-corrected chi connectivity index (χ3v) is 5.55. The maximum absolute atomic E-state index is 12.7. The monoisotopic (exact) mass is 363 g/mol. The maximum atomic E-state index is 12.7. The number of hydrogen-bond acceptors (Lipinski definition) is 3. The summed E-state index contributed by atoms with van der Waals surface area (Å²) in [6, 6.07) is 12.2. The van der Waals surface area contributed by atoms with Crippen molar-refractivity contribution in [3.63, 3.8) is 0 Å². The van der Waals surface area contributed by atoms with Gasteiger partial charge in [-0.15, -0.1) is 0 Å². The fourth-order valence-corrected chi connectivity index (χ4v) is 3.73. The zero-order valence-electron chi connectivity index (χ0n) is 16.3. The molecule has 1 amide bonds. The minimum Gasteiger partial charge on any atom is -0.487 e. The maximum Gasteiger partial charge on any atom is 0.253 e. The van der Waals surface area contributed by atoms with Crippen molar-refractivity contribution in [2.45, 2.75) is 32.8 Å². The van der Waals surface area contributed by atoms with E-state index in [1.54, 1.807) is 4.90 Å². The van der Waals surface area contributed by atoms with E-state index in [-0.39, 0.29) is 12.0 Å². The number of aromatic nitrogens is 2. The average Bonchev–Trinajstić information content (AvgIpc) is 3.21. The number of benzene rings is 2. The topological polar surface area (TPSA) is 47.4 Å². The molecule has 0 bridgehead atoms. The van der Waals surface area contributed by atoms with Gasteiger partial charge in [-0.05, 0) is 37.1 Å². The number of fused-ring (bicyclic) bond motifs is 2. The molecule has 0 unspecified atom stereocenters. The van der Waals surface area contributed by atoms with Gasteiger partial charge in [0.15, 0.2) is 0 Å². The zero-order valence-corrected chi connectivity index (χ0v) is 16.3. The summed E-state index contributed by atoms with van der Waals surface area (Å²) in [5.41, 5.74) is 5.07. The van der Waals surface area contributed by atoms with Gasteiger partial charge in [-0.25, -0.2) is 4.98 Å². The summed E-state index contributed by atoms with van der Waals surface area (Å²) in [4.78, 5) is 19.1. The molecular weight excluding hydrogens is 338 g/mol. The van der Waals surface area contributed by atoms with Gasteiger partial charge in [-0.1, -0.05) is 24.3 Å². The molecule has 2 aromatic carbocycles. The smallest absolute Gasteiger partial charge is 0.253 e. The fraction of sp³-hybridized carbons (Fsp3) is 0.364. The van der Waals surface area contributed by atoms with Gasteiger partial charge in [0.1, 0.15) is 23.2 Å². The van der Waals surface area contributed by atoms with Crippen LogP contribution in [0.1, 0.15) is 34.2 Å². The molecule has 4 rings (SSSR count). The summed E-state index contributed by atoms with van der Waals surface area (Å²) >= 11 is 0. The molecule has 1 aromatic heterocycles. The van der Waals surface area contributed by atoms with Crippen molar-refractivity contribution in [2.24, 2.45) is 7.05 Å². The van der Waals surface area contributed by atoms with Gasteiger partial charge in [0.2, 0.25) is 0 Å². The van der Waals surface area contributed by atoms with E-state index in [1.165, 1.54) is 11.1 Å². The summed E-state index contributed by atoms with van der Waals surface area (Å²) in [5, 5.41) is 0. The first-order chi connectivity index (χ1) is 13.0. The molecule has 5 heteroatoms. The first-order valence-corrected chi connectivity index (χ1v) is 9.44. The molecular formula is C22H25N3O2. The lowest BCUT2D eigenvalue weighted by molar-refractivity contribution is 0.0802. The fourth-order valence-electron chi connectivity index (χ4n) is 3.73. The van der Waals surface area contributed by atoms with Gasteiger partial charge in [0.25, 0.3) is 5.91 Å². The molecule has 27 heavy (non-hydrogen) atoms. The van der Waals surface area contributed by atoms with Crippen molar-refractivity contribution in [3.05, 3.63) is 58.9 Å². The van der Waals surface area contributed by atoms with Crippen LogP contribution in [0.3, 0.4) is 0 Å². The van der Waals surface area contributed by atoms with Crippen LogP contribution in [-0.4, -0.2) is 40.1 Å². The first kappa shape index (κ1) is 17.6. The molecule has 140 valence electrons. The van der Waals surface area contributed by atoms with Gasteiger partial charge in [-0.3, -0.25) is 4.79 Å². The molecule has 5 nitrogen and oxygen atoms in total. The molecule has 0 atom stereocenters. The van der Waals surface area contributed by atoms with Crippen molar-refractivity contribution in [3.8, 4) is 5.75 Å². The van der Waals surface area contributed by atoms with E-state index >= 15 is 0 Å². The number of carbonyl (C=O) groups is 1. The number of imidazole rings is 1. The molecule has 1 aliphatic rings. The Bertz CT molecular complexity index is 997. The van der Waals surface area contributed by atoms with Crippen molar-refractivity contribution in [2.75, 3.05) is 13.6 Å². The second-order valence-electron chi connectivity index (χ2n) is 7.30. The Morgan fingerprint density at radius 1 is 1.26 bits per heavy atom. The molecule has 3 aromatic rings. The molecule has 0 saturated heterocycles. The first-order valence-electron chi connectivity index (χ1n) is 9.44. The molecule has 0 saturated carbocycles. The van der Waals surface area contributed by atoms with Crippen LogP contribution >= 0.6 is 0 Å².